The summed E-state index contributed by atoms with van der Waals surface area (Å²) in [5, 5.41) is 9.55. The van der Waals surface area contributed by atoms with Crippen molar-refractivity contribution < 1.29 is 9.90 Å². The molecular weight excluding hydrogens is 276 g/mol. The molecule has 0 spiro atoms. The molecule has 5 heteroatoms. The number of pyridine rings is 1. The van der Waals surface area contributed by atoms with E-state index in [0.29, 0.717) is 5.02 Å². The minimum absolute atomic E-state index is 0.0348. The van der Waals surface area contributed by atoms with Crippen molar-refractivity contribution >= 4 is 23.3 Å². The zero-order valence-corrected chi connectivity index (χ0v) is 12.0. The highest BCUT2D eigenvalue weighted by atomic mass is 35.5. The molecule has 2 rings (SSSR count). The maximum Gasteiger partial charge on any atom is 0.354 e. The first-order chi connectivity index (χ1) is 9.50. The molecule has 0 aliphatic carbocycles. The number of carboxylic acid groups (broad SMARTS) is 1. The molecule has 2 aromatic rings. The second-order valence-electron chi connectivity index (χ2n) is 4.52. The number of anilines is 1. The Bertz CT molecular complexity index is 614. The summed E-state index contributed by atoms with van der Waals surface area (Å²) in [4.78, 5) is 16.7. The Labute approximate surface area is 122 Å². The first-order valence-corrected chi connectivity index (χ1v) is 6.55. The molecule has 1 heterocycles. The lowest BCUT2D eigenvalue weighted by Gasteiger charge is -2.27. The number of benzene rings is 1. The van der Waals surface area contributed by atoms with E-state index >= 15 is 0 Å². The van der Waals surface area contributed by atoms with Gasteiger partial charge in [0, 0.05) is 12.1 Å². The summed E-state index contributed by atoms with van der Waals surface area (Å²) in [7, 11) is 1.92. The van der Waals surface area contributed by atoms with Crippen LogP contribution in [0.25, 0.3) is 0 Å². The molecule has 1 aromatic heterocycles. The fraction of sp³-hybridized carbons (Fsp3) is 0.200. The SMILES string of the molecule is CC(c1ccccc1Cl)N(C)c1ccc(C(=O)O)nc1. The number of nitrogens with zero attached hydrogens (tertiary/aromatic N) is 2. The summed E-state index contributed by atoms with van der Waals surface area (Å²) in [6.07, 6.45) is 1.55. The molecule has 4 nitrogen and oxygen atoms in total. The zero-order chi connectivity index (χ0) is 14.7. The van der Waals surface area contributed by atoms with E-state index in [1.54, 1.807) is 12.3 Å². The summed E-state index contributed by atoms with van der Waals surface area (Å²) in [5.41, 5.74) is 1.88. The smallest absolute Gasteiger partial charge is 0.354 e. The lowest BCUT2D eigenvalue weighted by molar-refractivity contribution is 0.0690. The van der Waals surface area contributed by atoms with Crippen LogP contribution in [0, 0.1) is 0 Å². The molecule has 0 saturated heterocycles. The number of aromatic nitrogens is 1. The number of hydrogen-bond donors (Lipinski definition) is 1. The largest absolute Gasteiger partial charge is 0.477 e. The van der Waals surface area contributed by atoms with Crippen molar-refractivity contribution in [3.8, 4) is 0 Å². The summed E-state index contributed by atoms with van der Waals surface area (Å²) in [6.45, 7) is 2.03. The van der Waals surface area contributed by atoms with Gasteiger partial charge in [-0.25, -0.2) is 9.78 Å². The van der Waals surface area contributed by atoms with Crippen molar-refractivity contribution in [3.05, 3.63) is 58.9 Å². The van der Waals surface area contributed by atoms with Gasteiger partial charge in [0.1, 0.15) is 5.69 Å². The van der Waals surface area contributed by atoms with E-state index in [0.717, 1.165) is 11.3 Å². The number of carboxylic acids is 1. The fourth-order valence-electron chi connectivity index (χ4n) is 1.97. The van der Waals surface area contributed by atoms with Crippen molar-refractivity contribution in [3.63, 3.8) is 0 Å². The van der Waals surface area contributed by atoms with E-state index in [1.807, 2.05) is 43.1 Å². The minimum atomic E-state index is -1.03. The fourth-order valence-corrected chi connectivity index (χ4v) is 2.26. The number of aromatic carboxylic acids is 1. The van der Waals surface area contributed by atoms with Gasteiger partial charge in [-0.2, -0.15) is 0 Å². The van der Waals surface area contributed by atoms with Crippen LogP contribution >= 0.6 is 11.6 Å². The maximum atomic E-state index is 10.8. The Morgan fingerprint density at radius 2 is 2.00 bits per heavy atom. The van der Waals surface area contributed by atoms with E-state index in [2.05, 4.69) is 4.98 Å². The van der Waals surface area contributed by atoms with Crippen molar-refractivity contribution in [1.29, 1.82) is 0 Å². The van der Waals surface area contributed by atoms with Gasteiger partial charge in [0.2, 0.25) is 0 Å². The van der Waals surface area contributed by atoms with E-state index in [-0.39, 0.29) is 11.7 Å². The number of rotatable bonds is 4. The van der Waals surface area contributed by atoms with Gasteiger partial charge in [-0.3, -0.25) is 0 Å². The third kappa shape index (κ3) is 2.91. The van der Waals surface area contributed by atoms with Gasteiger partial charge in [0.05, 0.1) is 17.9 Å². The Morgan fingerprint density at radius 3 is 2.55 bits per heavy atom. The average Bonchev–Trinajstić information content (AvgIpc) is 2.46. The number of halogens is 1. The highest BCUT2D eigenvalue weighted by Gasteiger charge is 2.15. The molecule has 1 N–H and O–H groups in total. The Hall–Kier alpha value is -2.07. The molecule has 0 aliphatic rings. The molecule has 0 saturated carbocycles. The van der Waals surface area contributed by atoms with Gasteiger partial charge in [0.25, 0.3) is 0 Å². The van der Waals surface area contributed by atoms with Gasteiger partial charge < -0.3 is 10.0 Å². The van der Waals surface area contributed by atoms with Crippen LogP contribution < -0.4 is 4.90 Å². The Kier molecular flexibility index (Phi) is 4.25. The minimum Gasteiger partial charge on any atom is -0.477 e. The highest BCUT2D eigenvalue weighted by Crippen LogP contribution is 2.29. The highest BCUT2D eigenvalue weighted by molar-refractivity contribution is 6.31. The lowest BCUT2D eigenvalue weighted by Crippen LogP contribution is -2.22. The second-order valence-corrected chi connectivity index (χ2v) is 4.92. The molecule has 0 fully saturated rings. The van der Waals surface area contributed by atoms with Crippen molar-refractivity contribution in [1.82, 2.24) is 4.98 Å². The third-order valence-corrected chi connectivity index (χ3v) is 3.65. The van der Waals surface area contributed by atoms with E-state index < -0.39 is 5.97 Å². The second kappa shape index (κ2) is 5.92. The average molecular weight is 291 g/mol. The number of carbonyl (C=O) groups is 1. The lowest BCUT2D eigenvalue weighted by atomic mass is 10.1. The first-order valence-electron chi connectivity index (χ1n) is 6.17. The quantitative estimate of drug-likeness (QED) is 0.934. The van der Waals surface area contributed by atoms with Gasteiger partial charge in [-0.05, 0) is 30.7 Å². The predicted molar refractivity (Wildman–Crippen MR) is 79.5 cm³/mol. The third-order valence-electron chi connectivity index (χ3n) is 3.31. The number of hydrogen-bond acceptors (Lipinski definition) is 3. The Balaban J connectivity index is 2.24. The van der Waals surface area contributed by atoms with Gasteiger partial charge in [0.15, 0.2) is 0 Å². The monoisotopic (exact) mass is 290 g/mol. The van der Waals surface area contributed by atoms with Crippen LogP contribution in [0.2, 0.25) is 5.02 Å². The Morgan fingerprint density at radius 1 is 1.30 bits per heavy atom. The van der Waals surface area contributed by atoms with Crippen LogP contribution in [0.15, 0.2) is 42.6 Å². The molecule has 1 unspecified atom stereocenters. The summed E-state index contributed by atoms with van der Waals surface area (Å²) in [6, 6.07) is 11.0. The summed E-state index contributed by atoms with van der Waals surface area (Å²) < 4.78 is 0. The van der Waals surface area contributed by atoms with Crippen molar-refractivity contribution in [2.75, 3.05) is 11.9 Å². The predicted octanol–water partition coefficient (Wildman–Crippen LogP) is 3.63. The molecule has 0 aliphatic heterocycles. The van der Waals surface area contributed by atoms with E-state index in [1.165, 1.54) is 6.07 Å². The van der Waals surface area contributed by atoms with Crippen LogP contribution in [-0.4, -0.2) is 23.1 Å². The van der Waals surface area contributed by atoms with Crippen LogP contribution in [0.4, 0.5) is 5.69 Å². The summed E-state index contributed by atoms with van der Waals surface area (Å²) >= 11 is 6.20. The van der Waals surface area contributed by atoms with E-state index in [9.17, 15) is 4.79 Å². The normalized spacial score (nSPS) is 11.9. The van der Waals surface area contributed by atoms with Gasteiger partial charge >= 0.3 is 5.97 Å². The summed E-state index contributed by atoms with van der Waals surface area (Å²) in [5.74, 6) is -1.03. The van der Waals surface area contributed by atoms with Crippen molar-refractivity contribution in [2.24, 2.45) is 0 Å². The molecule has 1 aromatic carbocycles. The molecule has 0 amide bonds. The molecular formula is C15H15ClN2O2. The van der Waals surface area contributed by atoms with Crippen molar-refractivity contribution in [2.45, 2.75) is 13.0 Å². The molecule has 20 heavy (non-hydrogen) atoms. The maximum absolute atomic E-state index is 10.8. The van der Waals surface area contributed by atoms with Crippen LogP contribution in [-0.2, 0) is 0 Å². The van der Waals surface area contributed by atoms with Gasteiger partial charge in [-0.15, -0.1) is 0 Å². The molecule has 104 valence electrons. The molecule has 1 atom stereocenters. The van der Waals surface area contributed by atoms with Crippen LogP contribution in [0.3, 0.4) is 0 Å². The standard InChI is InChI=1S/C15H15ClN2O2/c1-10(12-5-3-4-6-13(12)16)18(2)11-7-8-14(15(19)20)17-9-11/h3-10H,1-2H3,(H,19,20). The molecule has 0 radical (unpaired) electrons. The van der Waals surface area contributed by atoms with E-state index in [4.69, 9.17) is 16.7 Å². The molecule has 0 bridgehead atoms. The first kappa shape index (κ1) is 14.3. The van der Waals surface area contributed by atoms with Crippen LogP contribution in [0.5, 0.6) is 0 Å². The van der Waals surface area contributed by atoms with Gasteiger partial charge in [-0.1, -0.05) is 29.8 Å². The zero-order valence-electron chi connectivity index (χ0n) is 11.2. The van der Waals surface area contributed by atoms with Crippen LogP contribution in [0.1, 0.15) is 29.0 Å². The topological polar surface area (TPSA) is 53.4 Å².